The van der Waals surface area contributed by atoms with Crippen molar-refractivity contribution in [2.24, 2.45) is 0 Å². The summed E-state index contributed by atoms with van der Waals surface area (Å²) in [4.78, 5) is 36.0. The smallest absolute Gasteiger partial charge is 0.326 e. The zero-order valence-electron chi connectivity index (χ0n) is 10.2. The Morgan fingerprint density at radius 3 is 2.56 bits per heavy atom. The van der Waals surface area contributed by atoms with Crippen LogP contribution in [0.5, 0.6) is 0 Å². The van der Waals surface area contributed by atoms with E-state index in [9.17, 15) is 19.5 Å². The van der Waals surface area contributed by atoms with Crippen molar-refractivity contribution in [2.75, 3.05) is 27.2 Å². The van der Waals surface area contributed by atoms with Gasteiger partial charge in [-0.05, 0) is 0 Å². The van der Waals surface area contributed by atoms with Gasteiger partial charge < -0.3 is 24.7 Å². The predicted molar refractivity (Wildman–Crippen MR) is 58.8 cm³/mol. The largest absolute Gasteiger partial charge is 0.480 e. The minimum absolute atomic E-state index is 0.00681. The summed E-state index contributed by atoms with van der Waals surface area (Å²) in [6, 6.07) is -1.68. The Labute approximate surface area is 104 Å². The van der Waals surface area contributed by atoms with Crippen molar-refractivity contribution in [2.45, 2.75) is 18.6 Å². The summed E-state index contributed by atoms with van der Waals surface area (Å²) in [7, 11) is 2.56. The van der Waals surface area contributed by atoms with Crippen LogP contribution in [0, 0.1) is 0 Å². The molecule has 2 atom stereocenters. The molecule has 1 rings (SSSR count). The number of aliphatic carboxylic acids is 1. The number of amides is 2. The minimum atomic E-state index is -1.17. The Bertz CT molecular complexity index is 358. The molecule has 1 fully saturated rings. The first-order valence-corrected chi connectivity index (χ1v) is 5.36. The van der Waals surface area contributed by atoms with Crippen LogP contribution >= 0.6 is 0 Å². The number of esters is 1. The van der Waals surface area contributed by atoms with E-state index in [4.69, 9.17) is 5.11 Å². The molecule has 8 heteroatoms. The second-order valence-corrected chi connectivity index (χ2v) is 4.11. The van der Waals surface area contributed by atoms with Crippen molar-refractivity contribution in [1.82, 2.24) is 9.80 Å². The minimum Gasteiger partial charge on any atom is -0.480 e. The van der Waals surface area contributed by atoms with Crippen molar-refractivity contribution in [3.63, 3.8) is 0 Å². The summed E-state index contributed by atoms with van der Waals surface area (Å²) in [5, 5.41) is 18.4. The van der Waals surface area contributed by atoms with Gasteiger partial charge in [0.1, 0.15) is 12.6 Å². The van der Waals surface area contributed by atoms with E-state index in [1.807, 2.05) is 0 Å². The van der Waals surface area contributed by atoms with E-state index in [1.54, 1.807) is 0 Å². The molecule has 2 unspecified atom stereocenters. The Kier molecular flexibility index (Phi) is 4.49. The van der Waals surface area contributed by atoms with Crippen LogP contribution in [0.2, 0.25) is 0 Å². The molecule has 2 amide bonds. The first kappa shape index (κ1) is 14.2. The highest BCUT2D eigenvalue weighted by Crippen LogP contribution is 2.19. The number of nitrogens with zero attached hydrogens (tertiary/aromatic N) is 2. The zero-order valence-corrected chi connectivity index (χ0v) is 10.2. The van der Waals surface area contributed by atoms with E-state index in [2.05, 4.69) is 4.74 Å². The van der Waals surface area contributed by atoms with Crippen molar-refractivity contribution < 1.29 is 29.3 Å². The number of hydrogen-bond donors (Lipinski definition) is 2. The third-order valence-electron chi connectivity index (χ3n) is 2.73. The average molecular weight is 260 g/mol. The molecule has 18 heavy (non-hydrogen) atoms. The molecule has 102 valence electrons. The molecule has 0 bridgehead atoms. The molecule has 0 aliphatic carbocycles. The van der Waals surface area contributed by atoms with Crippen LogP contribution in [0.4, 0.5) is 4.79 Å². The van der Waals surface area contributed by atoms with Crippen LogP contribution < -0.4 is 0 Å². The molecule has 1 aliphatic rings. The number of carboxylic acids is 1. The number of likely N-dealkylation sites (N-methyl/N-ethyl adjacent to an activating group) is 1. The van der Waals surface area contributed by atoms with Crippen LogP contribution in [0.1, 0.15) is 6.42 Å². The number of β-amino-alcohol motifs (C(OH)–C–C–N with tert-alkyl or cyclic N) is 1. The molecule has 0 radical (unpaired) electrons. The molecule has 0 spiro atoms. The van der Waals surface area contributed by atoms with Crippen LogP contribution in [-0.2, 0) is 14.3 Å². The summed E-state index contributed by atoms with van der Waals surface area (Å²) in [5.41, 5.74) is 0. The maximum Gasteiger partial charge on any atom is 0.326 e. The van der Waals surface area contributed by atoms with Gasteiger partial charge >= 0.3 is 18.0 Å². The van der Waals surface area contributed by atoms with Gasteiger partial charge in [-0.15, -0.1) is 0 Å². The third-order valence-corrected chi connectivity index (χ3v) is 2.73. The molecule has 0 aromatic carbocycles. The van der Waals surface area contributed by atoms with Gasteiger partial charge in [-0.2, -0.15) is 0 Å². The number of methoxy groups -OCH3 is 1. The van der Waals surface area contributed by atoms with E-state index < -0.39 is 30.1 Å². The number of hydrogen-bond acceptors (Lipinski definition) is 5. The number of carbonyl (C=O) groups excluding carboxylic acids is 2. The number of ether oxygens (including phenoxy) is 1. The molecule has 8 nitrogen and oxygen atoms in total. The summed E-state index contributed by atoms with van der Waals surface area (Å²) in [5.74, 6) is -1.77. The van der Waals surface area contributed by atoms with Gasteiger partial charge in [-0.25, -0.2) is 9.59 Å². The van der Waals surface area contributed by atoms with Gasteiger partial charge in [0.05, 0.1) is 13.2 Å². The Morgan fingerprint density at radius 1 is 1.44 bits per heavy atom. The van der Waals surface area contributed by atoms with Crippen molar-refractivity contribution in [3.8, 4) is 0 Å². The van der Waals surface area contributed by atoms with Gasteiger partial charge in [0, 0.05) is 20.0 Å². The molecule has 1 heterocycles. The average Bonchev–Trinajstić information content (AvgIpc) is 2.70. The van der Waals surface area contributed by atoms with Crippen molar-refractivity contribution in [1.29, 1.82) is 0 Å². The molecule has 0 aromatic rings. The number of aliphatic hydroxyl groups is 1. The molecule has 0 aromatic heterocycles. The number of carboxylic acid groups (broad SMARTS) is 1. The van der Waals surface area contributed by atoms with Gasteiger partial charge in [0.2, 0.25) is 0 Å². The van der Waals surface area contributed by atoms with Crippen LogP contribution in [0.25, 0.3) is 0 Å². The highest BCUT2D eigenvalue weighted by Gasteiger charge is 2.40. The monoisotopic (exact) mass is 260 g/mol. The van der Waals surface area contributed by atoms with Gasteiger partial charge in [0.15, 0.2) is 0 Å². The van der Waals surface area contributed by atoms with E-state index in [0.717, 1.165) is 9.80 Å². The first-order chi connectivity index (χ1) is 8.36. The van der Waals surface area contributed by atoms with Crippen molar-refractivity contribution in [3.05, 3.63) is 0 Å². The molecule has 0 saturated carbocycles. The Balaban J connectivity index is 2.70. The van der Waals surface area contributed by atoms with Gasteiger partial charge in [0.25, 0.3) is 0 Å². The highest BCUT2D eigenvalue weighted by molar-refractivity contribution is 5.85. The summed E-state index contributed by atoms with van der Waals surface area (Å²) in [6.07, 6.45) is -0.866. The van der Waals surface area contributed by atoms with Crippen LogP contribution in [0.3, 0.4) is 0 Å². The number of carbonyl (C=O) groups is 3. The van der Waals surface area contributed by atoms with Gasteiger partial charge in [-0.3, -0.25) is 4.79 Å². The van der Waals surface area contributed by atoms with E-state index in [-0.39, 0.29) is 19.5 Å². The van der Waals surface area contributed by atoms with Crippen LogP contribution in [0.15, 0.2) is 0 Å². The van der Waals surface area contributed by atoms with Crippen molar-refractivity contribution >= 4 is 18.0 Å². The predicted octanol–water partition coefficient (Wildman–Crippen LogP) is -1.27. The second-order valence-electron chi connectivity index (χ2n) is 4.11. The molecular formula is C10H16N2O6. The van der Waals surface area contributed by atoms with E-state index in [0.29, 0.717) is 0 Å². The Morgan fingerprint density at radius 2 is 2.06 bits per heavy atom. The lowest BCUT2D eigenvalue weighted by Gasteiger charge is -2.26. The number of rotatable bonds is 3. The fraction of sp³-hybridized carbons (Fsp3) is 0.700. The zero-order chi connectivity index (χ0) is 13.9. The summed E-state index contributed by atoms with van der Waals surface area (Å²) < 4.78 is 4.41. The van der Waals surface area contributed by atoms with Gasteiger partial charge in [-0.1, -0.05) is 0 Å². The lowest BCUT2D eigenvalue weighted by atomic mass is 10.2. The lowest BCUT2D eigenvalue weighted by molar-refractivity contribution is -0.141. The first-order valence-electron chi connectivity index (χ1n) is 5.36. The Hall–Kier alpha value is -1.83. The quantitative estimate of drug-likeness (QED) is 0.613. The lowest BCUT2D eigenvalue weighted by Crippen LogP contribution is -2.48. The number of likely N-dealkylation sites (tertiary alicyclic amines) is 1. The standard InChI is InChI=1S/C10H16N2O6/c1-11(5-8(14)18-2)10(17)12-4-6(13)3-7(12)9(15)16/h6-7,13H,3-5H2,1-2H3,(H,15,16). The molecular weight excluding hydrogens is 244 g/mol. The molecule has 1 saturated heterocycles. The second kappa shape index (κ2) is 5.67. The SMILES string of the molecule is COC(=O)CN(C)C(=O)N1CC(O)CC1C(=O)O. The van der Waals surface area contributed by atoms with E-state index >= 15 is 0 Å². The third kappa shape index (κ3) is 3.10. The molecule has 1 aliphatic heterocycles. The number of aliphatic hydroxyl groups excluding tert-OH is 1. The van der Waals surface area contributed by atoms with Crippen LogP contribution in [-0.4, -0.2) is 77.4 Å². The normalized spacial score (nSPS) is 22.7. The maximum absolute atomic E-state index is 11.9. The molecule has 2 N–H and O–H groups in total. The topological polar surface area (TPSA) is 107 Å². The highest BCUT2D eigenvalue weighted by atomic mass is 16.5. The summed E-state index contributed by atoms with van der Waals surface area (Å²) >= 11 is 0. The fourth-order valence-electron chi connectivity index (χ4n) is 1.80. The summed E-state index contributed by atoms with van der Waals surface area (Å²) in [6.45, 7) is -0.324. The van der Waals surface area contributed by atoms with E-state index in [1.165, 1.54) is 14.2 Å². The maximum atomic E-state index is 11.9. The number of urea groups is 1. The fourth-order valence-corrected chi connectivity index (χ4v) is 1.80.